The van der Waals surface area contributed by atoms with E-state index in [1.807, 2.05) is 80.1 Å². The third-order valence-electron chi connectivity index (χ3n) is 6.21. The molecule has 0 saturated carbocycles. The Labute approximate surface area is 219 Å². The van der Waals surface area contributed by atoms with Crippen molar-refractivity contribution in [1.29, 1.82) is 0 Å². The van der Waals surface area contributed by atoms with Crippen LogP contribution in [-0.2, 0) is 30.0 Å². The molecule has 1 aromatic carbocycles. The molecule has 1 saturated heterocycles. The van der Waals surface area contributed by atoms with Gasteiger partial charge in [-0.1, -0.05) is 41.5 Å². The van der Waals surface area contributed by atoms with Gasteiger partial charge in [-0.15, -0.1) is 0 Å². The minimum Gasteiger partial charge on any atom is -0.507 e. The predicted octanol–water partition coefficient (Wildman–Crippen LogP) is 2.50. The van der Waals surface area contributed by atoms with Gasteiger partial charge in [0.05, 0.1) is 0 Å². The number of aromatic hydroxyl groups is 1. The molecule has 4 amide bonds. The smallest absolute Gasteiger partial charge is 0.328 e. The lowest BCUT2D eigenvalue weighted by Crippen LogP contribution is -2.63. The molecule has 0 radical (unpaired) electrons. The van der Waals surface area contributed by atoms with Gasteiger partial charge in [0.15, 0.2) is 0 Å². The summed E-state index contributed by atoms with van der Waals surface area (Å²) < 4.78 is 0. The zero-order chi connectivity index (χ0) is 28.6. The highest BCUT2D eigenvalue weighted by Crippen LogP contribution is 2.41. The van der Waals surface area contributed by atoms with Crippen LogP contribution in [0.5, 0.6) is 5.75 Å². The lowest BCUT2D eigenvalue weighted by molar-refractivity contribution is -0.143. The number of hydrogen-bond donors (Lipinski definition) is 6. The van der Waals surface area contributed by atoms with E-state index in [1.165, 1.54) is 0 Å². The molecule has 1 aliphatic heterocycles. The average Bonchev–Trinajstić information content (AvgIpc) is 2.68. The quantitative estimate of drug-likeness (QED) is 0.202. The maximum Gasteiger partial charge on any atom is 0.328 e. The number of benzene rings is 1. The van der Waals surface area contributed by atoms with Crippen LogP contribution < -0.4 is 26.8 Å². The second-order valence-corrected chi connectivity index (χ2v) is 13.3. The third kappa shape index (κ3) is 8.18. The van der Waals surface area contributed by atoms with E-state index in [2.05, 4.69) is 16.0 Å². The van der Waals surface area contributed by atoms with Gasteiger partial charge >= 0.3 is 23.6 Å². The number of carbonyl (C=O) groups excluding carboxylic acids is 4. The van der Waals surface area contributed by atoms with Crippen molar-refractivity contribution in [3.8, 4) is 5.75 Å². The number of nitrogens with one attached hydrogen (secondary N) is 5. The highest BCUT2D eigenvalue weighted by Gasteiger charge is 2.38. The molecule has 0 unspecified atom stereocenters. The molecule has 0 aliphatic carbocycles. The summed E-state index contributed by atoms with van der Waals surface area (Å²) in [6.07, 6.45) is 1.26. The molecule has 2 rings (SSSR count). The van der Waals surface area contributed by atoms with Crippen LogP contribution >= 0.6 is 0 Å². The Bertz CT molecular complexity index is 1030. The first-order valence-electron chi connectivity index (χ1n) is 12.5. The van der Waals surface area contributed by atoms with Crippen molar-refractivity contribution in [2.45, 2.75) is 110 Å². The van der Waals surface area contributed by atoms with Crippen LogP contribution in [0.2, 0.25) is 0 Å². The van der Waals surface area contributed by atoms with Gasteiger partial charge in [-0.25, -0.2) is 0 Å². The fraction of sp³-hybridized carbons (Fsp3) is 0.630. The largest absolute Gasteiger partial charge is 0.507 e. The molecule has 0 spiro atoms. The molecule has 1 aromatic rings. The van der Waals surface area contributed by atoms with E-state index in [0.717, 1.165) is 0 Å². The van der Waals surface area contributed by atoms with E-state index in [4.69, 9.17) is 0 Å². The van der Waals surface area contributed by atoms with Gasteiger partial charge in [0, 0.05) is 33.9 Å². The molecule has 10 nitrogen and oxygen atoms in total. The van der Waals surface area contributed by atoms with Crippen LogP contribution in [0.15, 0.2) is 12.1 Å². The molecule has 6 N–H and O–H groups in total. The number of piperidine rings is 1. The van der Waals surface area contributed by atoms with Crippen LogP contribution in [0.3, 0.4) is 0 Å². The number of anilines is 1. The maximum absolute atomic E-state index is 12.5. The van der Waals surface area contributed by atoms with Gasteiger partial charge < -0.3 is 21.1 Å². The highest BCUT2D eigenvalue weighted by atomic mass is 16.3. The number of rotatable bonds is 2. The Kier molecular flexibility index (Phi) is 8.39. The lowest BCUT2D eigenvalue weighted by Gasteiger charge is -2.46. The lowest BCUT2D eigenvalue weighted by atomic mass is 9.79. The first-order chi connectivity index (χ1) is 16.6. The number of hydrogen-bond acceptors (Lipinski definition) is 6. The second-order valence-electron chi connectivity index (χ2n) is 13.3. The minimum absolute atomic E-state index is 0.140. The van der Waals surface area contributed by atoms with Gasteiger partial charge in [0.1, 0.15) is 5.75 Å². The number of amides is 4. The van der Waals surface area contributed by atoms with Gasteiger partial charge in [0.2, 0.25) is 0 Å². The molecule has 1 heterocycles. The summed E-state index contributed by atoms with van der Waals surface area (Å²) >= 11 is 0. The predicted molar refractivity (Wildman–Crippen MR) is 143 cm³/mol. The van der Waals surface area contributed by atoms with Gasteiger partial charge in [-0.2, -0.15) is 0 Å². The summed E-state index contributed by atoms with van der Waals surface area (Å²) in [6, 6.07) is 3.00. The normalized spacial score (nSPS) is 17.5. The van der Waals surface area contributed by atoms with Crippen molar-refractivity contribution in [2.24, 2.45) is 0 Å². The molecule has 1 aliphatic rings. The monoisotopic (exact) mass is 517 g/mol. The molecule has 0 atom stereocenters. The van der Waals surface area contributed by atoms with E-state index < -0.39 is 34.5 Å². The molecule has 10 heteroatoms. The van der Waals surface area contributed by atoms with Crippen molar-refractivity contribution >= 4 is 29.3 Å². The summed E-state index contributed by atoms with van der Waals surface area (Å²) in [5.74, 6) is -4.02. The van der Waals surface area contributed by atoms with Crippen molar-refractivity contribution in [1.82, 2.24) is 21.5 Å². The van der Waals surface area contributed by atoms with Crippen LogP contribution in [-0.4, -0.2) is 45.9 Å². The average molecular weight is 518 g/mol. The molecule has 37 heavy (non-hydrogen) atoms. The Hall–Kier alpha value is -3.14. The summed E-state index contributed by atoms with van der Waals surface area (Å²) in [5, 5.41) is 19.5. The topological polar surface area (TPSA) is 149 Å². The summed E-state index contributed by atoms with van der Waals surface area (Å²) in [4.78, 5) is 49.5. The minimum atomic E-state index is -1.15. The fourth-order valence-electron chi connectivity index (χ4n) is 4.94. The molecular weight excluding hydrogens is 474 g/mol. The zero-order valence-electron chi connectivity index (χ0n) is 23.7. The summed E-state index contributed by atoms with van der Waals surface area (Å²) in [7, 11) is 0. The van der Waals surface area contributed by atoms with E-state index in [9.17, 15) is 24.3 Å². The van der Waals surface area contributed by atoms with Crippen molar-refractivity contribution in [2.75, 3.05) is 5.32 Å². The third-order valence-corrected chi connectivity index (χ3v) is 6.21. The zero-order valence-corrected chi connectivity index (χ0v) is 23.7. The van der Waals surface area contributed by atoms with E-state index in [1.54, 1.807) is 12.1 Å². The summed E-state index contributed by atoms with van der Waals surface area (Å²) in [5.41, 5.74) is 4.23. The van der Waals surface area contributed by atoms with Gasteiger partial charge in [-0.05, 0) is 63.5 Å². The second kappa shape index (κ2) is 10.3. The first kappa shape index (κ1) is 30.1. The van der Waals surface area contributed by atoms with E-state index >= 15 is 0 Å². The Morgan fingerprint density at radius 3 is 1.59 bits per heavy atom. The first-order valence-corrected chi connectivity index (χ1v) is 12.5. The molecular formula is C27H43N5O5. The van der Waals surface area contributed by atoms with E-state index in [0.29, 0.717) is 29.7 Å². The summed E-state index contributed by atoms with van der Waals surface area (Å²) in [6.45, 7) is 19.7. The van der Waals surface area contributed by atoms with Crippen molar-refractivity contribution in [3.63, 3.8) is 0 Å². The SMILES string of the molecule is CC1(C)CC(NC(=O)C(=O)NNC(=O)C(=O)Nc2cc(C(C)(C)C)c(O)c(C(C)(C)C)c2)CC(C)(C)N1. The number of carbonyl (C=O) groups is 4. The Balaban J connectivity index is 2.03. The molecule has 0 bridgehead atoms. The van der Waals surface area contributed by atoms with E-state index in [-0.39, 0.29) is 22.9 Å². The van der Waals surface area contributed by atoms with Crippen LogP contribution in [0.25, 0.3) is 0 Å². The van der Waals surface area contributed by atoms with Crippen LogP contribution in [0.1, 0.15) is 93.2 Å². The molecule has 1 fully saturated rings. The number of hydrazine groups is 1. The van der Waals surface area contributed by atoms with Gasteiger partial charge in [0.25, 0.3) is 0 Å². The van der Waals surface area contributed by atoms with Crippen LogP contribution in [0, 0.1) is 0 Å². The number of phenols is 1. The molecule has 0 aromatic heterocycles. The standard InChI is InChI=1S/C27H43N5O5/c1-24(2,3)17-11-15(12-18(19(17)33)25(4,5)6)28-20(34)22(36)30-31-23(37)21(35)29-16-13-26(7,8)32-27(9,10)14-16/h11-12,16,32-33H,13-14H2,1-10H3,(H,28,34)(H,29,35)(H,30,36)(H,31,37). The Morgan fingerprint density at radius 1 is 0.784 bits per heavy atom. The Morgan fingerprint density at radius 2 is 1.19 bits per heavy atom. The molecule has 206 valence electrons. The fourth-order valence-corrected chi connectivity index (χ4v) is 4.94. The van der Waals surface area contributed by atoms with Crippen molar-refractivity contribution in [3.05, 3.63) is 23.3 Å². The van der Waals surface area contributed by atoms with Crippen LogP contribution in [0.4, 0.5) is 5.69 Å². The highest BCUT2D eigenvalue weighted by molar-refractivity contribution is 6.41. The maximum atomic E-state index is 12.5. The van der Waals surface area contributed by atoms with Gasteiger partial charge in [-0.3, -0.25) is 30.0 Å². The number of phenolic OH excluding ortho intramolecular Hbond substituents is 1. The van der Waals surface area contributed by atoms with Crippen molar-refractivity contribution < 1.29 is 24.3 Å².